The van der Waals surface area contributed by atoms with E-state index in [2.05, 4.69) is 33.1 Å². The van der Waals surface area contributed by atoms with Crippen LogP contribution in [0.25, 0.3) is 0 Å². The Morgan fingerprint density at radius 2 is 1.81 bits per heavy atom. The molecule has 0 aromatic heterocycles. The summed E-state index contributed by atoms with van der Waals surface area (Å²) in [4.78, 5) is 24.5. The molecule has 8 heteroatoms. The summed E-state index contributed by atoms with van der Waals surface area (Å²) in [5, 5.41) is 3.97. The predicted octanol–water partition coefficient (Wildman–Crippen LogP) is 4.81. The molecule has 158 valence electrons. The Morgan fingerprint density at radius 1 is 1.03 bits per heavy atom. The maximum atomic E-state index is 13.0. The van der Waals surface area contributed by atoms with Gasteiger partial charge in [-0.3, -0.25) is 4.79 Å². The van der Waals surface area contributed by atoms with E-state index in [1.165, 1.54) is 30.5 Å². The van der Waals surface area contributed by atoms with E-state index >= 15 is 0 Å². The number of hydrazone groups is 1. The van der Waals surface area contributed by atoms with E-state index in [1.54, 1.807) is 43.3 Å². The van der Waals surface area contributed by atoms with Crippen LogP contribution in [0.3, 0.4) is 0 Å². The maximum absolute atomic E-state index is 13.0. The van der Waals surface area contributed by atoms with Gasteiger partial charge in [-0.25, -0.2) is 14.6 Å². The van der Waals surface area contributed by atoms with Gasteiger partial charge in [0.2, 0.25) is 0 Å². The molecule has 0 bridgehead atoms. The molecule has 0 aliphatic heterocycles. The van der Waals surface area contributed by atoms with Crippen LogP contribution >= 0.6 is 22.6 Å². The molecular formula is C23H18FIN2O4. The summed E-state index contributed by atoms with van der Waals surface area (Å²) < 4.78 is 24.9. The van der Waals surface area contributed by atoms with E-state index < -0.39 is 11.8 Å². The number of esters is 1. The summed E-state index contributed by atoms with van der Waals surface area (Å²) in [6, 6.07) is 17.1. The Bertz CT molecular complexity index is 1120. The number of nitrogens with zero attached hydrogens (tertiary/aromatic N) is 1. The third kappa shape index (κ3) is 6.35. The topological polar surface area (TPSA) is 77.0 Å². The Labute approximate surface area is 192 Å². The van der Waals surface area contributed by atoms with Gasteiger partial charge >= 0.3 is 5.97 Å². The lowest BCUT2D eigenvalue weighted by molar-refractivity contribution is 0.0728. The number of amides is 1. The molecule has 3 aromatic rings. The Morgan fingerprint density at radius 3 is 2.52 bits per heavy atom. The van der Waals surface area contributed by atoms with Gasteiger partial charge in [0.25, 0.3) is 5.91 Å². The third-order valence-electron chi connectivity index (χ3n) is 4.02. The molecule has 0 fully saturated rings. The lowest BCUT2D eigenvalue weighted by Crippen LogP contribution is -2.17. The number of nitrogens with one attached hydrogen (secondary N) is 1. The van der Waals surface area contributed by atoms with E-state index in [0.29, 0.717) is 23.5 Å². The zero-order valence-corrected chi connectivity index (χ0v) is 18.6. The first-order chi connectivity index (χ1) is 15.0. The number of halogens is 2. The number of ether oxygens (including phenoxy) is 2. The van der Waals surface area contributed by atoms with Crippen LogP contribution in [0.15, 0.2) is 71.8 Å². The first-order valence-electron chi connectivity index (χ1n) is 9.30. The van der Waals surface area contributed by atoms with Crippen LogP contribution in [0.2, 0.25) is 0 Å². The molecule has 0 unspecified atom stereocenters. The molecule has 0 aliphatic carbocycles. The van der Waals surface area contributed by atoms with Crippen LogP contribution in [-0.2, 0) is 0 Å². The van der Waals surface area contributed by atoms with Crippen molar-refractivity contribution < 1.29 is 23.5 Å². The average molecular weight is 532 g/mol. The highest BCUT2D eigenvalue weighted by Crippen LogP contribution is 2.29. The van der Waals surface area contributed by atoms with Crippen molar-refractivity contribution in [2.24, 2.45) is 5.10 Å². The van der Waals surface area contributed by atoms with E-state index in [0.717, 1.165) is 3.57 Å². The van der Waals surface area contributed by atoms with E-state index in [-0.39, 0.29) is 17.2 Å². The SMILES string of the molecule is CCOc1cc(C=NNC(=O)c2cccc(I)c2)ccc1OC(=O)c1ccc(F)cc1. The van der Waals surface area contributed by atoms with Crippen molar-refractivity contribution in [3.05, 3.63) is 92.8 Å². The number of carbonyl (C=O) groups excluding carboxylic acids is 2. The number of carbonyl (C=O) groups is 2. The molecule has 0 aliphatic rings. The molecule has 0 heterocycles. The van der Waals surface area contributed by atoms with Crippen LogP contribution in [-0.4, -0.2) is 24.7 Å². The number of hydrogen-bond acceptors (Lipinski definition) is 5. The average Bonchev–Trinajstić information content (AvgIpc) is 2.76. The van der Waals surface area contributed by atoms with Gasteiger partial charge in [-0.1, -0.05) is 6.07 Å². The van der Waals surface area contributed by atoms with Crippen LogP contribution in [0, 0.1) is 9.39 Å². The highest BCUT2D eigenvalue weighted by molar-refractivity contribution is 14.1. The molecule has 3 rings (SSSR count). The van der Waals surface area contributed by atoms with Gasteiger partial charge < -0.3 is 9.47 Å². The molecule has 0 spiro atoms. The minimum atomic E-state index is -0.632. The van der Waals surface area contributed by atoms with Crippen molar-refractivity contribution >= 4 is 40.7 Å². The zero-order valence-electron chi connectivity index (χ0n) is 16.5. The molecule has 0 saturated carbocycles. The first kappa shape index (κ1) is 22.4. The summed E-state index contributed by atoms with van der Waals surface area (Å²) in [5.74, 6) is -0.844. The van der Waals surface area contributed by atoms with Crippen LogP contribution in [0.4, 0.5) is 4.39 Å². The van der Waals surface area contributed by atoms with E-state index in [4.69, 9.17) is 9.47 Å². The van der Waals surface area contributed by atoms with Crippen molar-refractivity contribution in [1.29, 1.82) is 0 Å². The second-order valence-electron chi connectivity index (χ2n) is 6.25. The molecule has 1 amide bonds. The van der Waals surface area contributed by atoms with Gasteiger partial charge in [0.05, 0.1) is 18.4 Å². The van der Waals surface area contributed by atoms with Crippen molar-refractivity contribution in [3.63, 3.8) is 0 Å². The maximum Gasteiger partial charge on any atom is 0.343 e. The molecule has 6 nitrogen and oxygen atoms in total. The second-order valence-corrected chi connectivity index (χ2v) is 7.49. The lowest BCUT2D eigenvalue weighted by atomic mass is 10.2. The minimum absolute atomic E-state index is 0.216. The van der Waals surface area contributed by atoms with Gasteiger partial charge in [-0.2, -0.15) is 5.10 Å². The molecular weight excluding hydrogens is 514 g/mol. The molecule has 31 heavy (non-hydrogen) atoms. The molecule has 1 N–H and O–H groups in total. The van der Waals surface area contributed by atoms with Crippen LogP contribution < -0.4 is 14.9 Å². The van der Waals surface area contributed by atoms with Gasteiger partial charge in [0.1, 0.15) is 5.82 Å². The third-order valence-corrected chi connectivity index (χ3v) is 4.69. The highest BCUT2D eigenvalue weighted by Gasteiger charge is 2.13. The summed E-state index contributed by atoms with van der Waals surface area (Å²) >= 11 is 2.13. The summed E-state index contributed by atoms with van der Waals surface area (Å²) in [6.45, 7) is 2.15. The van der Waals surface area contributed by atoms with Crippen molar-refractivity contribution in [1.82, 2.24) is 5.43 Å². The standard InChI is InChI=1S/C23H18FIN2O4/c1-2-30-21-12-15(14-26-27-22(28)17-4-3-5-19(25)13-17)6-11-20(21)31-23(29)16-7-9-18(24)10-8-16/h3-14H,2H2,1H3,(H,27,28). The Balaban J connectivity index is 1.70. The fourth-order valence-electron chi connectivity index (χ4n) is 2.56. The van der Waals surface area contributed by atoms with Gasteiger partial charge in [0.15, 0.2) is 11.5 Å². The van der Waals surface area contributed by atoms with Gasteiger partial charge in [-0.15, -0.1) is 0 Å². The summed E-state index contributed by atoms with van der Waals surface area (Å²) in [7, 11) is 0. The Hall–Kier alpha value is -3.27. The largest absolute Gasteiger partial charge is 0.490 e. The lowest BCUT2D eigenvalue weighted by Gasteiger charge is -2.11. The minimum Gasteiger partial charge on any atom is -0.490 e. The number of benzene rings is 3. The molecule has 0 atom stereocenters. The molecule has 0 saturated heterocycles. The number of rotatable bonds is 7. The first-order valence-corrected chi connectivity index (χ1v) is 10.4. The summed E-state index contributed by atoms with van der Waals surface area (Å²) in [6.07, 6.45) is 1.46. The molecule has 0 radical (unpaired) electrons. The van der Waals surface area contributed by atoms with Crippen molar-refractivity contribution in [2.45, 2.75) is 6.92 Å². The zero-order chi connectivity index (χ0) is 22.2. The van der Waals surface area contributed by atoms with Crippen LogP contribution in [0.5, 0.6) is 11.5 Å². The monoisotopic (exact) mass is 532 g/mol. The Kier molecular flexibility index (Phi) is 7.71. The van der Waals surface area contributed by atoms with E-state index in [9.17, 15) is 14.0 Å². The van der Waals surface area contributed by atoms with E-state index in [1.807, 2.05) is 6.07 Å². The molecule has 3 aromatic carbocycles. The number of hydrogen-bond donors (Lipinski definition) is 1. The fourth-order valence-corrected chi connectivity index (χ4v) is 3.11. The smallest absolute Gasteiger partial charge is 0.343 e. The van der Waals surface area contributed by atoms with Gasteiger partial charge in [0, 0.05) is 9.13 Å². The summed E-state index contributed by atoms with van der Waals surface area (Å²) in [5.41, 5.74) is 3.82. The highest BCUT2D eigenvalue weighted by atomic mass is 127. The van der Waals surface area contributed by atoms with Crippen molar-refractivity contribution in [3.8, 4) is 11.5 Å². The fraction of sp³-hybridized carbons (Fsp3) is 0.0870. The second kappa shape index (κ2) is 10.7. The van der Waals surface area contributed by atoms with Crippen molar-refractivity contribution in [2.75, 3.05) is 6.61 Å². The normalized spacial score (nSPS) is 10.7. The van der Waals surface area contributed by atoms with Crippen LogP contribution in [0.1, 0.15) is 33.2 Å². The quantitative estimate of drug-likeness (QED) is 0.156. The predicted molar refractivity (Wildman–Crippen MR) is 123 cm³/mol. The van der Waals surface area contributed by atoms with Gasteiger partial charge in [-0.05, 0) is 95.7 Å².